The Labute approximate surface area is 119 Å². The van der Waals surface area contributed by atoms with Crippen LogP contribution in [0.5, 0.6) is 5.75 Å². The van der Waals surface area contributed by atoms with Gasteiger partial charge in [-0.05, 0) is 36.0 Å². The standard InChI is InChI=1S/C16H23F2NO/c1-11-4-3-5-15(12(11)2)19-10-13-6-8-14(9-7-13)20-16(17)18/h6-9,11-12,15-16,19H,3-5,10H2,1-2H3. The molecule has 0 amide bonds. The van der Waals surface area contributed by atoms with Gasteiger partial charge in [0.15, 0.2) is 0 Å². The lowest BCUT2D eigenvalue weighted by molar-refractivity contribution is -0.0498. The van der Waals surface area contributed by atoms with Gasteiger partial charge < -0.3 is 10.1 Å². The third kappa shape index (κ3) is 4.17. The summed E-state index contributed by atoms with van der Waals surface area (Å²) in [5.74, 6) is 1.66. The number of halogens is 2. The molecule has 2 nitrogen and oxygen atoms in total. The number of ether oxygens (including phenoxy) is 1. The Morgan fingerprint density at radius 1 is 1.20 bits per heavy atom. The molecule has 0 saturated heterocycles. The van der Waals surface area contributed by atoms with Gasteiger partial charge in [0, 0.05) is 12.6 Å². The molecule has 1 saturated carbocycles. The van der Waals surface area contributed by atoms with Gasteiger partial charge >= 0.3 is 6.61 Å². The maximum Gasteiger partial charge on any atom is 0.387 e. The summed E-state index contributed by atoms with van der Waals surface area (Å²) in [5.41, 5.74) is 1.09. The molecule has 112 valence electrons. The molecule has 1 aliphatic rings. The number of alkyl halides is 2. The van der Waals surface area contributed by atoms with E-state index in [9.17, 15) is 8.78 Å². The fourth-order valence-electron chi connectivity index (χ4n) is 2.91. The lowest BCUT2D eigenvalue weighted by Crippen LogP contribution is -2.40. The van der Waals surface area contributed by atoms with Gasteiger partial charge in [0.25, 0.3) is 0 Å². The summed E-state index contributed by atoms with van der Waals surface area (Å²) in [5, 5.41) is 3.59. The molecular weight excluding hydrogens is 260 g/mol. The maximum atomic E-state index is 12.1. The molecule has 0 aromatic heterocycles. The van der Waals surface area contributed by atoms with Crippen LogP contribution in [0, 0.1) is 11.8 Å². The summed E-state index contributed by atoms with van der Waals surface area (Å²) < 4.78 is 28.5. The molecule has 3 unspecified atom stereocenters. The van der Waals surface area contributed by atoms with E-state index >= 15 is 0 Å². The van der Waals surface area contributed by atoms with Crippen LogP contribution < -0.4 is 10.1 Å². The molecule has 0 bridgehead atoms. The Kier molecular flexibility index (Phi) is 5.35. The third-order valence-electron chi connectivity index (χ3n) is 4.42. The average molecular weight is 283 g/mol. The quantitative estimate of drug-likeness (QED) is 0.874. The normalized spacial score (nSPS) is 26.8. The second-order valence-electron chi connectivity index (χ2n) is 5.78. The van der Waals surface area contributed by atoms with Crippen LogP contribution in [-0.2, 0) is 6.54 Å². The van der Waals surface area contributed by atoms with E-state index < -0.39 is 6.61 Å². The first-order valence-corrected chi connectivity index (χ1v) is 7.33. The number of hydrogen-bond acceptors (Lipinski definition) is 2. The summed E-state index contributed by atoms with van der Waals surface area (Å²) in [6.07, 6.45) is 3.82. The number of nitrogens with one attached hydrogen (secondary N) is 1. The Morgan fingerprint density at radius 3 is 2.55 bits per heavy atom. The third-order valence-corrected chi connectivity index (χ3v) is 4.42. The van der Waals surface area contributed by atoms with Crippen molar-refractivity contribution < 1.29 is 13.5 Å². The minimum Gasteiger partial charge on any atom is -0.435 e. The molecule has 1 aliphatic carbocycles. The molecule has 0 aliphatic heterocycles. The van der Waals surface area contributed by atoms with Crippen molar-refractivity contribution in [3.63, 3.8) is 0 Å². The van der Waals surface area contributed by atoms with Crippen molar-refractivity contribution in [2.45, 2.75) is 52.3 Å². The minimum atomic E-state index is -2.76. The first-order valence-electron chi connectivity index (χ1n) is 7.33. The van der Waals surface area contributed by atoms with Gasteiger partial charge in [-0.15, -0.1) is 0 Å². The molecule has 1 N–H and O–H groups in total. The molecule has 3 atom stereocenters. The highest BCUT2D eigenvalue weighted by molar-refractivity contribution is 5.27. The summed E-state index contributed by atoms with van der Waals surface area (Å²) >= 11 is 0. The van der Waals surface area contributed by atoms with Crippen LogP contribution in [0.3, 0.4) is 0 Å². The highest BCUT2D eigenvalue weighted by Crippen LogP contribution is 2.29. The highest BCUT2D eigenvalue weighted by atomic mass is 19.3. The largest absolute Gasteiger partial charge is 0.435 e. The van der Waals surface area contributed by atoms with Gasteiger partial charge in [-0.1, -0.05) is 38.8 Å². The van der Waals surface area contributed by atoms with Crippen LogP contribution in [0.25, 0.3) is 0 Å². The summed E-state index contributed by atoms with van der Waals surface area (Å²) in [6, 6.07) is 7.41. The molecule has 1 aromatic rings. The molecule has 0 heterocycles. The van der Waals surface area contributed by atoms with Gasteiger partial charge in [0.1, 0.15) is 5.75 Å². The van der Waals surface area contributed by atoms with Crippen molar-refractivity contribution in [1.82, 2.24) is 5.32 Å². The van der Waals surface area contributed by atoms with Crippen molar-refractivity contribution in [3.8, 4) is 5.75 Å². The Morgan fingerprint density at radius 2 is 1.90 bits per heavy atom. The van der Waals surface area contributed by atoms with E-state index in [0.717, 1.165) is 18.0 Å². The zero-order valence-electron chi connectivity index (χ0n) is 12.1. The molecule has 4 heteroatoms. The Hall–Kier alpha value is -1.16. The smallest absolute Gasteiger partial charge is 0.387 e. The Bertz CT molecular complexity index is 407. The first kappa shape index (κ1) is 15.2. The predicted molar refractivity (Wildman–Crippen MR) is 75.9 cm³/mol. The van der Waals surface area contributed by atoms with Crippen molar-refractivity contribution in [1.29, 1.82) is 0 Å². The van der Waals surface area contributed by atoms with Crippen LogP contribution in [0.2, 0.25) is 0 Å². The lowest BCUT2D eigenvalue weighted by atomic mass is 9.78. The fourth-order valence-corrected chi connectivity index (χ4v) is 2.91. The molecule has 1 aromatic carbocycles. The van der Waals surface area contributed by atoms with Crippen molar-refractivity contribution in [2.75, 3.05) is 0 Å². The van der Waals surface area contributed by atoms with Gasteiger partial charge in [-0.25, -0.2) is 0 Å². The summed E-state index contributed by atoms with van der Waals surface area (Å²) in [4.78, 5) is 0. The molecular formula is C16H23F2NO. The van der Waals surface area contributed by atoms with E-state index in [-0.39, 0.29) is 5.75 Å². The number of rotatable bonds is 5. The molecule has 0 spiro atoms. The van der Waals surface area contributed by atoms with E-state index in [1.807, 2.05) is 12.1 Å². The van der Waals surface area contributed by atoms with Gasteiger partial charge in [-0.2, -0.15) is 8.78 Å². The minimum absolute atomic E-state index is 0.211. The summed E-state index contributed by atoms with van der Waals surface area (Å²) in [6.45, 7) is 2.63. The SMILES string of the molecule is CC1CCCC(NCc2ccc(OC(F)F)cc2)C1C. The van der Waals surface area contributed by atoms with Crippen LogP contribution in [-0.4, -0.2) is 12.7 Å². The maximum absolute atomic E-state index is 12.1. The zero-order valence-corrected chi connectivity index (χ0v) is 12.1. The fraction of sp³-hybridized carbons (Fsp3) is 0.625. The molecule has 0 radical (unpaired) electrons. The van der Waals surface area contributed by atoms with E-state index in [1.54, 1.807) is 12.1 Å². The second kappa shape index (κ2) is 7.02. The van der Waals surface area contributed by atoms with Crippen molar-refractivity contribution in [3.05, 3.63) is 29.8 Å². The van der Waals surface area contributed by atoms with E-state index in [0.29, 0.717) is 12.0 Å². The Balaban J connectivity index is 1.84. The number of hydrogen-bond donors (Lipinski definition) is 1. The molecule has 20 heavy (non-hydrogen) atoms. The number of benzene rings is 1. The van der Waals surface area contributed by atoms with Crippen molar-refractivity contribution >= 4 is 0 Å². The van der Waals surface area contributed by atoms with Crippen LogP contribution in [0.1, 0.15) is 38.7 Å². The van der Waals surface area contributed by atoms with Crippen LogP contribution >= 0.6 is 0 Å². The first-order chi connectivity index (χ1) is 9.56. The highest BCUT2D eigenvalue weighted by Gasteiger charge is 2.26. The van der Waals surface area contributed by atoms with Gasteiger partial charge in [0.2, 0.25) is 0 Å². The molecule has 2 rings (SSSR count). The second-order valence-corrected chi connectivity index (χ2v) is 5.78. The molecule has 1 fully saturated rings. The van der Waals surface area contributed by atoms with Crippen molar-refractivity contribution in [2.24, 2.45) is 11.8 Å². The van der Waals surface area contributed by atoms with E-state index in [4.69, 9.17) is 0 Å². The van der Waals surface area contributed by atoms with Gasteiger partial charge in [0.05, 0.1) is 0 Å². The van der Waals surface area contributed by atoms with E-state index in [2.05, 4.69) is 23.9 Å². The summed E-state index contributed by atoms with van der Waals surface area (Å²) in [7, 11) is 0. The zero-order chi connectivity index (χ0) is 14.5. The van der Waals surface area contributed by atoms with Crippen LogP contribution in [0.4, 0.5) is 8.78 Å². The van der Waals surface area contributed by atoms with Gasteiger partial charge in [-0.3, -0.25) is 0 Å². The average Bonchev–Trinajstić information content (AvgIpc) is 2.41. The van der Waals surface area contributed by atoms with Crippen LogP contribution in [0.15, 0.2) is 24.3 Å². The van der Waals surface area contributed by atoms with E-state index in [1.165, 1.54) is 19.3 Å². The predicted octanol–water partition coefficient (Wildman–Crippen LogP) is 4.20. The lowest BCUT2D eigenvalue weighted by Gasteiger charge is -2.34. The topological polar surface area (TPSA) is 21.3 Å². The monoisotopic (exact) mass is 283 g/mol.